The minimum absolute atomic E-state index is 0.503. The quantitative estimate of drug-likeness (QED) is 0.594. The second-order valence-electron chi connectivity index (χ2n) is 2.98. The van der Waals surface area contributed by atoms with Gasteiger partial charge in [-0.3, -0.25) is 4.79 Å². The molecule has 0 radical (unpaired) electrons. The van der Waals surface area contributed by atoms with Crippen LogP contribution in [0.1, 0.15) is 5.56 Å². The number of hydrogen-bond acceptors (Lipinski definition) is 3. The fourth-order valence-electron chi connectivity index (χ4n) is 1.01. The highest BCUT2D eigenvalue weighted by molar-refractivity contribution is 5.92. The standard InChI is InChI=1S/C12H13NO3/c1-15-8-9-16-11-5-2-10(3-6-11)4-7-12(13)14/h2-3,5-6H,8-9H2,1H3,(H2,13,14). The molecular weight excluding hydrogens is 206 g/mol. The molecule has 1 aromatic rings. The Morgan fingerprint density at radius 1 is 1.31 bits per heavy atom. The summed E-state index contributed by atoms with van der Waals surface area (Å²) < 4.78 is 10.2. The molecule has 4 nitrogen and oxygen atoms in total. The maximum atomic E-state index is 10.4. The van der Waals surface area contributed by atoms with Crippen LogP contribution in [0, 0.1) is 11.8 Å². The van der Waals surface area contributed by atoms with Crippen LogP contribution >= 0.6 is 0 Å². The average molecular weight is 219 g/mol. The smallest absolute Gasteiger partial charge is 0.293 e. The molecular formula is C12H13NO3. The predicted octanol–water partition coefficient (Wildman–Crippen LogP) is 0.549. The largest absolute Gasteiger partial charge is 0.491 e. The van der Waals surface area contributed by atoms with Crippen LogP contribution in [0.4, 0.5) is 0 Å². The first-order chi connectivity index (χ1) is 7.72. The van der Waals surface area contributed by atoms with Crippen molar-refractivity contribution < 1.29 is 14.3 Å². The third kappa shape index (κ3) is 4.49. The summed E-state index contributed by atoms with van der Waals surface area (Å²) in [5, 5.41) is 0. The molecule has 16 heavy (non-hydrogen) atoms. The zero-order valence-corrected chi connectivity index (χ0v) is 9.03. The molecule has 1 amide bonds. The Bertz CT molecular complexity index is 401. The Morgan fingerprint density at radius 3 is 2.56 bits per heavy atom. The highest BCUT2D eigenvalue weighted by atomic mass is 16.5. The van der Waals surface area contributed by atoms with Crippen molar-refractivity contribution in [2.24, 2.45) is 5.73 Å². The molecule has 2 N–H and O–H groups in total. The molecule has 0 saturated carbocycles. The third-order valence-electron chi connectivity index (χ3n) is 1.74. The number of rotatable bonds is 4. The Morgan fingerprint density at radius 2 is 2.00 bits per heavy atom. The summed E-state index contributed by atoms with van der Waals surface area (Å²) in [6, 6.07) is 7.08. The Hall–Kier alpha value is -1.99. The zero-order chi connectivity index (χ0) is 11.8. The third-order valence-corrected chi connectivity index (χ3v) is 1.74. The molecule has 1 rings (SSSR count). The van der Waals surface area contributed by atoms with Crippen LogP contribution in [0.2, 0.25) is 0 Å². The summed E-state index contributed by atoms with van der Waals surface area (Å²) in [4.78, 5) is 10.4. The zero-order valence-electron chi connectivity index (χ0n) is 9.03. The van der Waals surface area contributed by atoms with E-state index in [-0.39, 0.29) is 0 Å². The summed E-state index contributed by atoms with van der Waals surface area (Å²) >= 11 is 0. The molecule has 0 fully saturated rings. The Balaban J connectivity index is 2.55. The lowest BCUT2D eigenvalue weighted by molar-refractivity contribution is -0.112. The van der Waals surface area contributed by atoms with Gasteiger partial charge in [-0.1, -0.05) is 5.92 Å². The summed E-state index contributed by atoms with van der Waals surface area (Å²) in [6.07, 6.45) is 0. The monoisotopic (exact) mass is 219 g/mol. The summed E-state index contributed by atoms with van der Waals surface area (Å²) in [6.45, 7) is 1.05. The van der Waals surface area contributed by atoms with E-state index in [0.717, 1.165) is 11.3 Å². The summed E-state index contributed by atoms with van der Waals surface area (Å²) in [7, 11) is 1.62. The first-order valence-electron chi connectivity index (χ1n) is 4.75. The lowest BCUT2D eigenvalue weighted by atomic mass is 10.2. The van der Waals surface area contributed by atoms with Crippen LogP contribution in [0.15, 0.2) is 24.3 Å². The number of amides is 1. The molecule has 84 valence electrons. The molecule has 0 saturated heterocycles. The molecule has 0 aromatic heterocycles. The molecule has 0 aliphatic heterocycles. The van der Waals surface area contributed by atoms with Gasteiger partial charge in [0.2, 0.25) is 0 Å². The first kappa shape index (κ1) is 12.1. The average Bonchev–Trinajstić information content (AvgIpc) is 2.28. The molecule has 1 aromatic carbocycles. The van der Waals surface area contributed by atoms with Crippen molar-refractivity contribution in [2.45, 2.75) is 0 Å². The van der Waals surface area contributed by atoms with Gasteiger partial charge in [0.15, 0.2) is 0 Å². The SMILES string of the molecule is COCCOc1ccc(C#CC(N)=O)cc1. The molecule has 0 unspecified atom stereocenters. The number of methoxy groups -OCH3 is 1. The Kier molecular flexibility index (Phi) is 4.90. The molecule has 0 spiro atoms. The van der Waals surface area contributed by atoms with Crippen molar-refractivity contribution >= 4 is 5.91 Å². The van der Waals surface area contributed by atoms with Gasteiger partial charge >= 0.3 is 0 Å². The minimum Gasteiger partial charge on any atom is -0.491 e. The summed E-state index contributed by atoms with van der Waals surface area (Å²) in [5.74, 6) is 4.99. The lowest BCUT2D eigenvalue weighted by Crippen LogP contribution is -2.06. The van der Waals surface area contributed by atoms with Crippen LogP contribution in [0.25, 0.3) is 0 Å². The van der Waals surface area contributed by atoms with E-state index in [0.29, 0.717) is 13.2 Å². The molecule has 0 atom stereocenters. The van der Waals surface area contributed by atoms with Crippen molar-refractivity contribution in [1.29, 1.82) is 0 Å². The second-order valence-corrected chi connectivity index (χ2v) is 2.98. The van der Waals surface area contributed by atoms with Gasteiger partial charge in [-0.2, -0.15) is 0 Å². The van der Waals surface area contributed by atoms with E-state index in [2.05, 4.69) is 11.8 Å². The summed E-state index contributed by atoms with van der Waals surface area (Å²) in [5.41, 5.74) is 5.62. The Labute approximate surface area is 94.3 Å². The van der Waals surface area contributed by atoms with Gasteiger partial charge < -0.3 is 15.2 Å². The van der Waals surface area contributed by atoms with E-state index in [4.69, 9.17) is 15.2 Å². The van der Waals surface area contributed by atoms with Gasteiger partial charge in [-0.15, -0.1) is 0 Å². The fourth-order valence-corrected chi connectivity index (χ4v) is 1.01. The molecule has 0 heterocycles. The molecule has 0 aliphatic rings. The number of ether oxygens (including phenoxy) is 2. The molecule has 4 heteroatoms. The fraction of sp³-hybridized carbons (Fsp3) is 0.250. The van der Waals surface area contributed by atoms with Crippen molar-refractivity contribution in [2.75, 3.05) is 20.3 Å². The van der Waals surface area contributed by atoms with Gasteiger partial charge in [-0.05, 0) is 30.2 Å². The number of carbonyl (C=O) groups excluding carboxylic acids is 1. The van der Waals surface area contributed by atoms with E-state index in [9.17, 15) is 4.79 Å². The van der Waals surface area contributed by atoms with Gasteiger partial charge in [0.25, 0.3) is 5.91 Å². The highest BCUT2D eigenvalue weighted by Gasteiger charge is 1.93. The second kappa shape index (κ2) is 6.49. The van der Waals surface area contributed by atoms with Crippen LogP contribution in [-0.2, 0) is 9.53 Å². The highest BCUT2D eigenvalue weighted by Crippen LogP contribution is 2.11. The number of nitrogens with two attached hydrogens (primary N) is 1. The lowest BCUT2D eigenvalue weighted by Gasteiger charge is -2.04. The van der Waals surface area contributed by atoms with Gasteiger partial charge in [0.1, 0.15) is 12.4 Å². The van der Waals surface area contributed by atoms with E-state index >= 15 is 0 Å². The first-order valence-corrected chi connectivity index (χ1v) is 4.75. The minimum atomic E-state index is -0.638. The van der Waals surface area contributed by atoms with E-state index in [1.54, 1.807) is 31.4 Å². The number of hydrogen-bond donors (Lipinski definition) is 1. The van der Waals surface area contributed by atoms with Crippen LogP contribution < -0.4 is 10.5 Å². The number of primary amides is 1. The van der Waals surface area contributed by atoms with Crippen molar-refractivity contribution in [1.82, 2.24) is 0 Å². The van der Waals surface area contributed by atoms with E-state index in [1.807, 2.05) is 0 Å². The van der Waals surface area contributed by atoms with Gasteiger partial charge in [0.05, 0.1) is 6.61 Å². The van der Waals surface area contributed by atoms with Gasteiger partial charge in [-0.25, -0.2) is 0 Å². The molecule has 0 bridgehead atoms. The van der Waals surface area contributed by atoms with Gasteiger partial charge in [0, 0.05) is 12.7 Å². The van der Waals surface area contributed by atoms with Crippen molar-refractivity contribution in [3.63, 3.8) is 0 Å². The maximum absolute atomic E-state index is 10.4. The number of carbonyl (C=O) groups is 1. The van der Waals surface area contributed by atoms with Crippen LogP contribution in [-0.4, -0.2) is 26.2 Å². The van der Waals surface area contributed by atoms with Crippen LogP contribution in [0.3, 0.4) is 0 Å². The molecule has 0 aliphatic carbocycles. The van der Waals surface area contributed by atoms with Crippen molar-refractivity contribution in [3.8, 4) is 17.6 Å². The maximum Gasteiger partial charge on any atom is 0.293 e. The van der Waals surface area contributed by atoms with E-state index < -0.39 is 5.91 Å². The van der Waals surface area contributed by atoms with E-state index in [1.165, 1.54) is 0 Å². The van der Waals surface area contributed by atoms with Crippen molar-refractivity contribution in [3.05, 3.63) is 29.8 Å². The normalized spacial score (nSPS) is 9.06. The number of benzene rings is 1. The predicted molar refractivity (Wildman–Crippen MR) is 59.9 cm³/mol. The topological polar surface area (TPSA) is 61.6 Å². The van der Waals surface area contributed by atoms with Crippen LogP contribution in [0.5, 0.6) is 5.75 Å².